The molecule has 1 aliphatic carbocycles. The predicted octanol–water partition coefficient (Wildman–Crippen LogP) is 2.53. The van der Waals surface area contributed by atoms with Gasteiger partial charge in [-0.1, -0.05) is 0 Å². The van der Waals surface area contributed by atoms with Crippen molar-refractivity contribution < 1.29 is 9.53 Å². The van der Waals surface area contributed by atoms with Crippen LogP contribution in [-0.4, -0.2) is 31.0 Å². The van der Waals surface area contributed by atoms with Crippen molar-refractivity contribution in [2.24, 2.45) is 0 Å². The van der Waals surface area contributed by atoms with Crippen LogP contribution >= 0.6 is 22.6 Å². The fourth-order valence-corrected chi connectivity index (χ4v) is 1.87. The molecule has 1 saturated carbocycles. The summed E-state index contributed by atoms with van der Waals surface area (Å²) in [5, 5.41) is 0. The molecule has 0 unspecified atom stereocenters. The number of carbonyl (C=O) groups excluding carboxylic acids is 1. The number of nitrogens with zero attached hydrogens (tertiary/aromatic N) is 1. The van der Waals surface area contributed by atoms with E-state index in [2.05, 4.69) is 22.6 Å². The molecule has 1 aliphatic rings. The van der Waals surface area contributed by atoms with E-state index in [1.165, 1.54) is 0 Å². The molecule has 3 nitrogen and oxygen atoms in total. The van der Waals surface area contributed by atoms with Crippen molar-refractivity contribution in [1.29, 1.82) is 0 Å². The first-order chi connectivity index (χ1) is 7.58. The standard InChI is InChI=1S/C12H14INO2/c1-14(2)12(15)10-7-8(13)3-6-11(10)16-9-4-5-9/h3,6-7,9H,4-5H2,1-2H3. The second kappa shape index (κ2) is 4.61. The van der Waals surface area contributed by atoms with Gasteiger partial charge < -0.3 is 9.64 Å². The lowest BCUT2D eigenvalue weighted by Crippen LogP contribution is -2.22. The molecule has 1 fully saturated rings. The molecule has 0 radical (unpaired) electrons. The van der Waals surface area contributed by atoms with E-state index in [4.69, 9.17) is 4.74 Å². The van der Waals surface area contributed by atoms with Crippen LogP contribution in [0.5, 0.6) is 5.75 Å². The Morgan fingerprint density at radius 2 is 2.12 bits per heavy atom. The molecular formula is C12H14INO2. The van der Waals surface area contributed by atoms with Crippen LogP contribution in [0.3, 0.4) is 0 Å². The van der Waals surface area contributed by atoms with Crippen LogP contribution in [0.2, 0.25) is 0 Å². The third-order valence-corrected chi connectivity index (χ3v) is 3.07. The molecular weight excluding hydrogens is 317 g/mol. The van der Waals surface area contributed by atoms with Crippen molar-refractivity contribution in [3.8, 4) is 5.75 Å². The lowest BCUT2D eigenvalue weighted by Gasteiger charge is -2.14. The van der Waals surface area contributed by atoms with E-state index in [-0.39, 0.29) is 5.91 Å². The van der Waals surface area contributed by atoms with Crippen LogP contribution in [0.15, 0.2) is 18.2 Å². The quantitative estimate of drug-likeness (QED) is 0.797. The predicted molar refractivity (Wildman–Crippen MR) is 70.8 cm³/mol. The summed E-state index contributed by atoms with van der Waals surface area (Å²) in [5.74, 6) is 0.704. The molecule has 0 spiro atoms. The van der Waals surface area contributed by atoms with Gasteiger partial charge in [-0.2, -0.15) is 0 Å². The molecule has 1 aromatic rings. The monoisotopic (exact) mass is 331 g/mol. The Balaban J connectivity index is 2.30. The van der Waals surface area contributed by atoms with Gasteiger partial charge in [0.2, 0.25) is 0 Å². The lowest BCUT2D eigenvalue weighted by molar-refractivity contribution is 0.0823. The first kappa shape index (κ1) is 11.7. The third-order valence-electron chi connectivity index (χ3n) is 2.40. The number of carbonyl (C=O) groups is 1. The average Bonchev–Trinajstić information content (AvgIpc) is 3.03. The van der Waals surface area contributed by atoms with E-state index < -0.39 is 0 Å². The SMILES string of the molecule is CN(C)C(=O)c1cc(I)ccc1OC1CC1. The minimum Gasteiger partial charge on any atom is -0.490 e. The van der Waals surface area contributed by atoms with Gasteiger partial charge in [0.25, 0.3) is 5.91 Å². The molecule has 1 aromatic carbocycles. The summed E-state index contributed by atoms with van der Waals surface area (Å²) in [4.78, 5) is 13.5. The van der Waals surface area contributed by atoms with E-state index in [0.29, 0.717) is 17.4 Å². The Labute approximate surface area is 109 Å². The highest BCUT2D eigenvalue weighted by molar-refractivity contribution is 14.1. The Morgan fingerprint density at radius 3 is 2.69 bits per heavy atom. The lowest BCUT2D eigenvalue weighted by atomic mass is 10.2. The fraction of sp³-hybridized carbons (Fsp3) is 0.417. The van der Waals surface area contributed by atoms with Crippen molar-refractivity contribution in [1.82, 2.24) is 4.90 Å². The fourth-order valence-electron chi connectivity index (χ4n) is 1.38. The molecule has 16 heavy (non-hydrogen) atoms. The summed E-state index contributed by atoms with van der Waals surface area (Å²) in [6.45, 7) is 0. The summed E-state index contributed by atoms with van der Waals surface area (Å²) >= 11 is 2.20. The molecule has 0 saturated heterocycles. The first-order valence-corrected chi connectivity index (χ1v) is 6.33. The molecule has 2 rings (SSSR count). The molecule has 0 bridgehead atoms. The van der Waals surface area contributed by atoms with E-state index >= 15 is 0 Å². The van der Waals surface area contributed by atoms with Crippen LogP contribution in [0, 0.1) is 3.57 Å². The van der Waals surface area contributed by atoms with Crippen molar-refractivity contribution in [2.45, 2.75) is 18.9 Å². The normalized spacial score (nSPS) is 14.7. The number of amides is 1. The van der Waals surface area contributed by atoms with E-state index in [1.54, 1.807) is 19.0 Å². The maximum atomic E-state index is 12.0. The summed E-state index contributed by atoms with van der Waals surface area (Å²) in [6.07, 6.45) is 2.51. The van der Waals surface area contributed by atoms with Gasteiger partial charge in [-0.25, -0.2) is 0 Å². The zero-order valence-corrected chi connectivity index (χ0v) is 11.5. The molecule has 1 amide bonds. The maximum absolute atomic E-state index is 12.0. The van der Waals surface area contributed by atoms with E-state index in [9.17, 15) is 4.79 Å². The van der Waals surface area contributed by atoms with Crippen LogP contribution in [0.1, 0.15) is 23.2 Å². The number of benzene rings is 1. The second-order valence-electron chi connectivity index (χ2n) is 4.16. The van der Waals surface area contributed by atoms with E-state index in [1.807, 2.05) is 18.2 Å². The summed E-state index contributed by atoms with van der Waals surface area (Å²) in [6, 6.07) is 5.72. The molecule has 0 aromatic heterocycles. The van der Waals surface area contributed by atoms with Crippen LogP contribution in [-0.2, 0) is 0 Å². The highest BCUT2D eigenvalue weighted by atomic mass is 127. The van der Waals surface area contributed by atoms with Crippen molar-refractivity contribution in [2.75, 3.05) is 14.1 Å². The second-order valence-corrected chi connectivity index (χ2v) is 5.40. The van der Waals surface area contributed by atoms with Crippen molar-refractivity contribution in [3.63, 3.8) is 0 Å². The average molecular weight is 331 g/mol. The van der Waals surface area contributed by atoms with Gasteiger partial charge in [-0.15, -0.1) is 0 Å². The summed E-state index contributed by atoms with van der Waals surface area (Å²) < 4.78 is 6.78. The Hall–Kier alpha value is -0.780. The van der Waals surface area contributed by atoms with Gasteiger partial charge in [-0.05, 0) is 53.6 Å². The number of hydrogen-bond donors (Lipinski definition) is 0. The van der Waals surface area contributed by atoms with Crippen LogP contribution < -0.4 is 4.74 Å². The highest BCUT2D eigenvalue weighted by Crippen LogP contribution is 2.30. The van der Waals surface area contributed by atoms with Crippen molar-refractivity contribution >= 4 is 28.5 Å². The molecule has 0 atom stereocenters. The van der Waals surface area contributed by atoms with Crippen molar-refractivity contribution in [3.05, 3.63) is 27.3 Å². The Bertz CT molecular complexity index is 413. The number of ether oxygens (including phenoxy) is 1. The minimum atomic E-state index is -0.00540. The number of rotatable bonds is 3. The highest BCUT2D eigenvalue weighted by Gasteiger charge is 2.26. The third kappa shape index (κ3) is 2.66. The molecule has 86 valence electrons. The minimum absolute atomic E-state index is 0.00540. The Morgan fingerprint density at radius 1 is 1.44 bits per heavy atom. The zero-order valence-electron chi connectivity index (χ0n) is 9.37. The van der Waals surface area contributed by atoms with Gasteiger partial charge in [0.15, 0.2) is 0 Å². The van der Waals surface area contributed by atoms with Crippen LogP contribution in [0.25, 0.3) is 0 Å². The van der Waals surface area contributed by atoms with Gasteiger partial charge in [0.1, 0.15) is 5.75 Å². The van der Waals surface area contributed by atoms with Gasteiger partial charge in [-0.3, -0.25) is 4.79 Å². The van der Waals surface area contributed by atoms with Crippen LogP contribution in [0.4, 0.5) is 0 Å². The molecule has 0 N–H and O–H groups in total. The zero-order chi connectivity index (χ0) is 11.7. The largest absolute Gasteiger partial charge is 0.490 e. The maximum Gasteiger partial charge on any atom is 0.257 e. The topological polar surface area (TPSA) is 29.5 Å². The van der Waals surface area contributed by atoms with E-state index in [0.717, 1.165) is 16.4 Å². The smallest absolute Gasteiger partial charge is 0.257 e. The number of hydrogen-bond acceptors (Lipinski definition) is 2. The first-order valence-electron chi connectivity index (χ1n) is 5.26. The van der Waals surface area contributed by atoms with Gasteiger partial charge >= 0.3 is 0 Å². The molecule has 0 aliphatic heterocycles. The molecule has 0 heterocycles. The van der Waals surface area contributed by atoms with Gasteiger partial charge in [0.05, 0.1) is 11.7 Å². The molecule has 4 heteroatoms. The number of halogens is 1. The summed E-state index contributed by atoms with van der Waals surface area (Å²) in [5.41, 5.74) is 0.656. The summed E-state index contributed by atoms with van der Waals surface area (Å²) in [7, 11) is 3.51. The Kier molecular flexibility index (Phi) is 3.37. The van der Waals surface area contributed by atoms with Gasteiger partial charge in [0, 0.05) is 17.7 Å².